The molecular formula is C10H12O5. The summed E-state index contributed by atoms with van der Waals surface area (Å²) in [5.74, 6) is -1.57. The van der Waals surface area contributed by atoms with Crippen molar-refractivity contribution in [3.63, 3.8) is 0 Å². The van der Waals surface area contributed by atoms with E-state index < -0.39 is 12.1 Å². The van der Waals surface area contributed by atoms with Crippen LogP contribution in [-0.4, -0.2) is 34.5 Å². The Hall–Kier alpha value is -1.75. The molecule has 1 aromatic rings. The van der Waals surface area contributed by atoms with Gasteiger partial charge in [-0.25, -0.2) is 4.79 Å². The number of carbonyl (C=O) groups is 1. The molecule has 0 saturated carbocycles. The number of phenols is 2. The highest BCUT2D eigenvalue weighted by molar-refractivity contribution is 5.72. The minimum Gasteiger partial charge on any atom is -0.504 e. The largest absolute Gasteiger partial charge is 0.504 e. The van der Waals surface area contributed by atoms with Gasteiger partial charge in [-0.2, -0.15) is 0 Å². The zero-order valence-electron chi connectivity index (χ0n) is 8.17. The zero-order chi connectivity index (χ0) is 11.4. The van der Waals surface area contributed by atoms with Crippen LogP contribution in [0.2, 0.25) is 0 Å². The Morgan fingerprint density at radius 1 is 1.40 bits per heavy atom. The van der Waals surface area contributed by atoms with Crippen molar-refractivity contribution in [1.29, 1.82) is 0 Å². The van der Waals surface area contributed by atoms with Gasteiger partial charge in [0.25, 0.3) is 0 Å². The average molecular weight is 212 g/mol. The van der Waals surface area contributed by atoms with Crippen molar-refractivity contribution in [2.24, 2.45) is 0 Å². The van der Waals surface area contributed by atoms with Gasteiger partial charge in [0.05, 0.1) is 0 Å². The molecule has 0 bridgehead atoms. The standard InChI is InChI=1S/C10H12O5/c1-15-9(10(13)14)5-6-2-3-7(11)8(12)4-6/h2-4,9,11-12H,5H2,1H3,(H,13,14). The molecule has 0 amide bonds. The highest BCUT2D eigenvalue weighted by atomic mass is 16.5. The van der Waals surface area contributed by atoms with Gasteiger partial charge in [0.2, 0.25) is 0 Å². The van der Waals surface area contributed by atoms with Gasteiger partial charge in [-0.3, -0.25) is 0 Å². The normalized spacial score (nSPS) is 12.3. The molecule has 0 aliphatic carbocycles. The summed E-state index contributed by atoms with van der Waals surface area (Å²) in [6, 6.07) is 4.15. The van der Waals surface area contributed by atoms with E-state index in [4.69, 9.17) is 14.9 Å². The second-order valence-electron chi connectivity index (χ2n) is 3.09. The fourth-order valence-corrected chi connectivity index (χ4v) is 1.18. The number of aromatic hydroxyl groups is 2. The monoisotopic (exact) mass is 212 g/mol. The summed E-state index contributed by atoms with van der Waals surface area (Å²) in [6.07, 6.45) is -0.811. The van der Waals surface area contributed by atoms with Gasteiger partial charge in [0, 0.05) is 13.5 Å². The number of aliphatic carboxylic acids is 1. The van der Waals surface area contributed by atoms with Crippen LogP contribution >= 0.6 is 0 Å². The fraction of sp³-hybridized carbons (Fsp3) is 0.300. The summed E-state index contributed by atoms with van der Waals surface area (Å²) >= 11 is 0. The SMILES string of the molecule is COC(Cc1ccc(O)c(O)c1)C(=O)O. The molecule has 0 aliphatic rings. The molecular weight excluding hydrogens is 200 g/mol. The Bertz CT molecular complexity index is 361. The summed E-state index contributed by atoms with van der Waals surface area (Å²) in [7, 11) is 1.30. The number of rotatable bonds is 4. The van der Waals surface area contributed by atoms with Crippen LogP contribution in [0.3, 0.4) is 0 Å². The number of methoxy groups -OCH3 is 1. The summed E-state index contributed by atoms with van der Waals surface area (Å²) in [5, 5.41) is 27.0. The maximum Gasteiger partial charge on any atom is 0.333 e. The van der Waals surface area contributed by atoms with Crippen LogP contribution in [0.25, 0.3) is 0 Å². The summed E-state index contributed by atoms with van der Waals surface area (Å²) in [5.41, 5.74) is 0.583. The van der Waals surface area contributed by atoms with E-state index in [1.54, 1.807) is 0 Å². The van der Waals surface area contributed by atoms with Crippen molar-refractivity contribution in [3.05, 3.63) is 23.8 Å². The molecule has 5 heteroatoms. The highest BCUT2D eigenvalue weighted by Gasteiger charge is 2.17. The predicted molar refractivity (Wildman–Crippen MR) is 51.9 cm³/mol. The zero-order valence-corrected chi connectivity index (χ0v) is 8.17. The van der Waals surface area contributed by atoms with E-state index in [-0.39, 0.29) is 17.9 Å². The molecule has 1 aromatic carbocycles. The Kier molecular flexibility index (Phi) is 3.51. The van der Waals surface area contributed by atoms with E-state index in [9.17, 15) is 9.90 Å². The van der Waals surface area contributed by atoms with Crippen LogP contribution in [0.15, 0.2) is 18.2 Å². The van der Waals surface area contributed by atoms with Gasteiger partial charge >= 0.3 is 5.97 Å². The van der Waals surface area contributed by atoms with Crippen LogP contribution in [0.4, 0.5) is 0 Å². The van der Waals surface area contributed by atoms with Crippen molar-refractivity contribution >= 4 is 5.97 Å². The first-order valence-electron chi connectivity index (χ1n) is 4.31. The van der Waals surface area contributed by atoms with Gasteiger partial charge in [-0.1, -0.05) is 6.07 Å². The van der Waals surface area contributed by atoms with Crippen molar-refractivity contribution in [2.75, 3.05) is 7.11 Å². The highest BCUT2D eigenvalue weighted by Crippen LogP contribution is 2.25. The molecule has 15 heavy (non-hydrogen) atoms. The van der Waals surface area contributed by atoms with Gasteiger partial charge in [0.1, 0.15) is 0 Å². The van der Waals surface area contributed by atoms with Crippen molar-refractivity contribution < 1.29 is 24.9 Å². The molecule has 0 fully saturated rings. The van der Waals surface area contributed by atoms with Crippen LogP contribution in [0.5, 0.6) is 11.5 Å². The summed E-state index contributed by atoms with van der Waals surface area (Å²) < 4.78 is 4.74. The number of phenolic OH excluding ortho intramolecular Hbond substituents is 2. The van der Waals surface area contributed by atoms with E-state index in [0.29, 0.717) is 5.56 Å². The second kappa shape index (κ2) is 4.65. The smallest absolute Gasteiger partial charge is 0.333 e. The lowest BCUT2D eigenvalue weighted by molar-refractivity contribution is -0.148. The van der Waals surface area contributed by atoms with Gasteiger partial charge < -0.3 is 20.1 Å². The van der Waals surface area contributed by atoms with Crippen LogP contribution in [0.1, 0.15) is 5.56 Å². The first kappa shape index (κ1) is 11.3. The van der Waals surface area contributed by atoms with E-state index in [0.717, 1.165) is 0 Å². The lowest BCUT2D eigenvalue weighted by Crippen LogP contribution is -2.24. The number of hydrogen-bond donors (Lipinski definition) is 3. The quantitative estimate of drug-likeness (QED) is 0.641. The third kappa shape index (κ3) is 2.85. The predicted octanol–water partition coefficient (Wildman–Crippen LogP) is 0.740. The minimum atomic E-state index is -1.06. The van der Waals surface area contributed by atoms with Crippen molar-refractivity contribution in [1.82, 2.24) is 0 Å². The maximum absolute atomic E-state index is 10.6. The Balaban J connectivity index is 2.80. The Morgan fingerprint density at radius 3 is 2.53 bits per heavy atom. The molecule has 3 N–H and O–H groups in total. The fourth-order valence-electron chi connectivity index (χ4n) is 1.18. The number of carboxylic acid groups (broad SMARTS) is 1. The van der Waals surface area contributed by atoms with E-state index >= 15 is 0 Å². The van der Waals surface area contributed by atoms with E-state index in [1.165, 1.54) is 25.3 Å². The van der Waals surface area contributed by atoms with Gasteiger partial charge in [0.15, 0.2) is 17.6 Å². The van der Waals surface area contributed by atoms with E-state index in [1.807, 2.05) is 0 Å². The molecule has 0 aromatic heterocycles. The second-order valence-corrected chi connectivity index (χ2v) is 3.09. The Morgan fingerprint density at radius 2 is 2.07 bits per heavy atom. The van der Waals surface area contributed by atoms with Gasteiger partial charge in [-0.05, 0) is 17.7 Å². The van der Waals surface area contributed by atoms with Crippen molar-refractivity contribution in [3.8, 4) is 11.5 Å². The lowest BCUT2D eigenvalue weighted by atomic mass is 10.1. The topological polar surface area (TPSA) is 87.0 Å². The number of hydrogen-bond acceptors (Lipinski definition) is 4. The average Bonchev–Trinajstić information content (AvgIpc) is 2.19. The van der Waals surface area contributed by atoms with Crippen LogP contribution in [-0.2, 0) is 16.0 Å². The van der Waals surface area contributed by atoms with Crippen LogP contribution < -0.4 is 0 Å². The molecule has 0 aliphatic heterocycles. The molecule has 5 nitrogen and oxygen atoms in total. The molecule has 0 heterocycles. The third-order valence-corrected chi connectivity index (χ3v) is 2.02. The molecule has 1 atom stereocenters. The van der Waals surface area contributed by atoms with Crippen molar-refractivity contribution in [2.45, 2.75) is 12.5 Å². The first-order valence-corrected chi connectivity index (χ1v) is 4.31. The minimum absolute atomic E-state index is 0.139. The first-order chi connectivity index (χ1) is 7.04. The van der Waals surface area contributed by atoms with Gasteiger partial charge in [-0.15, -0.1) is 0 Å². The number of ether oxygens (including phenoxy) is 1. The Labute approximate surface area is 86.5 Å². The molecule has 0 saturated heterocycles. The molecule has 1 unspecified atom stereocenters. The third-order valence-electron chi connectivity index (χ3n) is 2.02. The molecule has 0 radical (unpaired) electrons. The molecule has 0 spiro atoms. The maximum atomic E-state index is 10.6. The lowest BCUT2D eigenvalue weighted by Gasteiger charge is -2.10. The van der Waals surface area contributed by atoms with Crippen LogP contribution in [0, 0.1) is 0 Å². The molecule has 1 rings (SSSR count). The van der Waals surface area contributed by atoms with E-state index in [2.05, 4.69) is 0 Å². The number of benzene rings is 1. The summed E-state index contributed by atoms with van der Waals surface area (Å²) in [6.45, 7) is 0. The summed E-state index contributed by atoms with van der Waals surface area (Å²) in [4.78, 5) is 10.6. The number of carboxylic acids is 1. The molecule has 82 valence electrons.